The van der Waals surface area contributed by atoms with Crippen molar-refractivity contribution in [1.29, 1.82) is 5.41 Å². The summed E-state index contributed by atoms with van der Waals surface area (Å²) in [6, 6.07) is 14.5. The van der Waals surface area contributed by atoms with E-state index in [0.717, 1.165) is 40.0 Å². The molecule has 0 saturated carbocycles. The van der Waals surface area contributed by atoms with E-state index in [1.807, 2.05) is 41.8 Å². The van der Waals surface area contributed by atoms with Crippen LogP contribution in [0.1, 0.15) is 36.6 Å². The number of hydrogen-bond acceptors (Lipinski definition) is 4. The van der Waals surface area contributed by atoms with E-state index in [-0.39, 0.29) is 17.2 Å². The smallest absolute Gasteiger partial charge is 0.283 e. The van der Waals surface area contributed by atoms with Gasteiger partial charge >= 0.3 is 0 Å². The van der Waals surface area contributed by atoms with Gasteiger partial charge in [0.15, 0.2) is 5.84 Å². The first kappa shape index (κ1) is 21.3. The molecule has 0 bridgehead atoms. The number of benzene rings is 2. The number of nitrogens with zero attached hydrogens (tertiary/aromatic N) is 4. The predicted octanol–water partition coefficient (Wildman–Crippen LogP) is 5.56. The minimum Gasteiger partial charge on any atom is -0.340 e. The van der Waals surface area contributed by atoms with E-state index in [1.165, 1.54) is 22.8 Å². The Morgan fingerprint density at radius 1 is 1.15 bits per heavy atom. The van der Waals surface area contributed by atoms with E-state index in [0.29, 0.717) is 17.3 Å². The van der Waals surface area contributed by atoms with Crippen LogP contribution in [0.5, 0.6) is 0 Å². The standard InChI is InChI=1S/C25H22FN5OS/c1-3-8-22-29-31-23(27)19(24(32)28-25(31)33-22)13-18-15(2)30(21-12-7-5-10-17(18)21)14-16-9-4-6-11-20(16)26/h4-7,9-13,27H,3,8,14H2,1-2H3. The van der Waals surface area contributed by atoms with Crippen molar-refractivity contribution >= 4 is 50.7 Å². The largest absolute Gasteiger partial charge is 0.340 e. The van der Waals surface area contributed by atoms with Gasteiger partial charge in [0.25, 0.3) is 5.91 Å². The van der Waals surface area contributed by atoms with Crippen molar-refractivity contribution < 1.29 is 9.18 Å². The van der Waals surface area contributed by atoms with Crippen LogP contribution in [0.25, 0.3) is 17.0 Å². The van der Waals surface area contributed by atoms with Gasteiger partial charge in [-0.05, 0) is 49.7 Å². The summed E-state index contributed by atoms with van der Waals surface area (Å²) in [5.41, 5.74) is 3.41. The Hall–Kier alpha value is -3.52. The molecule has 166 valence electrons. The number of carbonyl (C=O) groups excluding carboxylic acids is 1. The molecule has 0 atom stereocenters. The second-order valence-corrected chi connectivity index (χ2v) is 9.00. The van der Waals surface area contributed by atoms with Crippen molar-refractivity contribution in [1.82, 2.24) is 9.58 Å². The lowest BCUT2D eigenvalue weighted by Crippen LogP contribution is -2.35. The number of aliphatic imine (C=N–C) groups is 1. The Kier molecular flexibility index (Phi) is 5.46. The van der Waals surface area contributed by atoms with Gasteiger partial charge in [-0.3, -0.25) is 10.2 Å². The first-order valence-electron chi connectivity index (χ1n) is 10.8. The maximum atomic E-state index is 14.4. The van der Waals surface area contributed by atoms with E-state index in [9.17, 15) is 9.18 Å². The summed E-state index contributed by atoms with van der Waals surface area (Å²) in [7, 11) is 0. The van der Waals surface area contributed by atoms with Gasteiger partial charge in [-0.15, -0.1) is 0 Å². The number of rotatable bonds is 5. The SMILES string of the molecule is CCCC1=NN2C(=N)C(=Cc3c(C)n(Cc4ccccc4F)c4ccccc34)C(=O)N=C2S1. The van der Waals surface area contributed by atoms with E-state index in [1.54, 1.807) is 18.2 Å². The zero-order valence-electron chi connectivity index (χ0n) is 18.3. The van der Waals surface area contributed by atoms with Gasteiger partial charge in [-0.1, -0.05) is 43.3 Å². The molecule has 5 rings (SSSR count). The molecule has 2 aromatic carbocycles. The number of thioether (sulfide) groups is 1. The summed E-state index contributed by atoms with van der Waals surface area (Å²) in [5, 5.41) is 16.8. The molecule has 1 N–H and O–H groups in total. The number of nitrogens with one attached hydrogen (secondary N) is 1. The van der Waals surface area contributed by atoms with Crippen LogP contribution in [0.2, 0.25) is 0 Å². The number of hydrazone groups is 1. The highest BCUT2D eigenvalue weighted by Crippen LogP contribution is 2.33. The fraction of sp³-hybridized carbons (Fsp3) is 0.200. The Bertz CT molecular complexity index is 1400. The van der Waals surface area contributed by atoms with Gasteiger partial charge in [0, 0.05) is 27.7 Å². The lowest BCUT2D eigenvalue weighted by atomic mass is 10.1. The van der Waals surface area contributed by atoms with Crippen molar-refractivity contribution in [2.75, 3.05) is 0 Å². The lowest BCUT2D eigenvalue weighted by Gasteiger charge is -2.20. The average molecular weight is 460 g/mol. The molecule has 0 saturated heterocycles. The Morgan fingerprint density at radius 2 is 1.91 bits per heavy atom. The first-order chi connectivity index (χ1) is 16.0. The van der Waals surface area contributed by atoms with Crippen LogP contribution in [-0.4, -0.2) is 31.5 Å². The number of halogens is 1. The normalized spacial score (nSPS) is 17.1. The molecule has 1 amide bonds. The van der Waals surface area contributed by atoms with Gasteiger partial charge in [-0.2, -0.15) is 15.1 Å². The van der Waals surface area contributed by atoms with Crippen molar-refractivity contribution in [2.24, 2.45) is 10.1 Å². The number of hydrogen-bond donors (Lipinski definition) is 1. The average Bonchev–Trinajstić information content (AvgIpc) is 3.32. The quantitative estimate of drug-likeness (QED) is 0.508. The van der Waals surface area contributed by atoms with E-state index >= 15 is 0 Å². The summed E-state index contributed by atoms with van der Waals surface area (Å²) >= 11 is 1.34. The third kappa shape index (κ3) is 3.70. The summed E-state index contributed by atoms with van der Waals surface area (Å²) in [4.78, 5) is 17.0. The fourth-order valence-corrected chi connectivity index (χ4v) is 5.12. The molecule has 2 aliphatic rings. The molecule has 8 heteroatoms. The second-order valence-electron chi connectivity index (χ2n) is 7.96. The highest BCUT2D eigenvalue weighted by molar-refractivity contribution is 8.26. The van der Waals surface area contributed by atoms with Crippen LogP contribution in [-0.2, 0) is 11.3 Å². The number of aromatic nitrogens is 1. The molecule has 0 unspecified atom stereocenters. The summed E-state index contributed by atoms with van der Waals surface area (Å²) in [6.07, 6.45) is 3.43. The minimum atomic E-state index is -0.447. The van der Waals surface area contributed by atoms with E-state index in [4.69, 9.17) is 5.41 Å². The van der Waals surface area contributed by atoms with Gasteiger partial charge in [0.1, 0.15) is 10.9 Å². The molecule has 0 radical (unpaired) electrons. The van der Waals surface area contributed by atoms with Crippen molar-refractivity contribution in [3.8, 4) is 0 Å². The summed E-state index contributed by atoms with van der Waals surface area (Å²) in [6.45, 7) is 4.37. The van der Waals surface area contributed by atoms with Crippen LogP contribution in [0.3, 0.4) is 0 Å². The molecule has 0 aliphatic carbocycles. The molecule has 0 fully saturated rings. The Labute approximate surface area is 195 Å². The van der Waals surface area contributed by atoms with Crippen LogP contribution < -0.4 is 0 Å². The monoisotopic (exact) mass is 459 g/mol. The number of carbonyl (C=O) groups is 1. The molecular formula is C25H22FN5OS. The molecule has 0 spiro atoms. The maximum absolute atomic E-state index is 14.4. The molecular weight excluding hydrogens is 437 g/mol. The van der Waals surface area contributed by atoms with E-state index in [2.05, 4.69) is 17.0 Å². The fourth-order valence-electron chi connectivity index (χ4n) is 4.13. The van der Waals surface area contributed by atoms with Crippen molar-refractivity contribution in [3.05, 3.63) is 76.7 Å². The molecule has 1 aromatic heterocycles. The van der Waals surface area contributed by atoms with Gasteiger partial charge in [-0.25, -0.2) is 4.39 Å². The molecule has 3 heterocycles. The number of amidine groups is 2. The minimum absolute atomic E-state index is 0.0222. The third-order valence-electron chi connectivity index (χ3n) is 5.81. The van der Waals surface area contributed by atoms with Crippen LogP contribution in [0.15, 0.2) is 64.2 Å². The maximum Gasteiger partial charge on any atom is 0.283 e. The highest BCUT2D eigenvalue weighted by Gasteiger charge is 2.35. The van der Waals surface area contributed by atoms with Crippen LogP contribution >= 0.6 is 11.8 Å². The lowest BCUT2D eigenvalue weighted by molar-refractivity contribution is -0.114. The summed E-state index contributed by atoms with van der Waals surface area (Å²) < 4.78 is 16.4. The molecule has 2 aliphatic heterocycles. The zero-order chi connectivity index (χ0) is 23.1. The Balaban J connectivity index is 1.60. The highest BCUT2D eigenvalue weighted by atomic mass is 32.2. The first-order valence-corrected chi connectivity index (χ1v) is 11.6. The van der Waals surface area contributed by atoms with E-state index < -0.39 is 5.91 Å². The number of amides is 1. The van der Waals surface area contributed by atoms with Crippen molar-refractivity contribution in [2.45, 2.75) is 33.2 Å². The van der Waals surface area contributed by atoms with Gasteiger partial charge in [0.05, 0.1) is 12.1 Å². The van der Waals surface area contributed by atoms with Gasteiger partial charge < -0.3 is 4.57 Å². The third-order valence-corrected chi connectivity index (χ3v) is 6.78. The molecule has 33 heavy (non-hydrogen) atoms. The predicted molar refractivity (Wildman–Crippen MR) is 132 cm³/mol. The van der Waals surface area contributed by atoms with Crippen LogP contribution in [0.4, 0.5) is 4.39 Å². The van der Waals surface area contributed by atoms with Gasteiger partial charge in [0.2, 0.25) is 5.17 Å². The molecule has 6 nitrogen and oxygen atoms in total. The van der Waals surface area contributed by atoms with Crippen molar-refractivity contribution in [3.63, 3.8) is 0 Å². The Morgan fingerprint density at radius 3 is 2.70 bits per heavy atom. The second kappa shape index (κ2) is 8.44. The molecule has 3 aromatic rings. The topological polar surface area (TPSA) is 73.8 Å². The number of fused-ring (bicyclic) bond motifs is 2. The van der Waals surface area contributed by atoms with Crippen LogP contribution in [0, 0.1) is 18.2 Å². The zero-order valence-corrected chi connectivity index (χ0v) is 19.1. The number of para-hydroxylation sites is 1. The summed E-state index contributed by atoms with van der Waals surface area (Å²) in [5.74, 6) is -0.682.